The third-order valence-electron chi connectivity index (χ3n) is 1.67. The fraction of sp³-hybridized carbons (Fsp3) is 0.333. The second kappa shape index (κ2) is 3.22. The Morgan fingerprint density at radius 1 is 1.50 bits per heavy atom. The van der Waals surface area contributed by atoms with Crippen molar-refractivity contribution in [2.75, 3.05) is 19.0 Å². The van der Waals surface area contributed by atoms with Gasteiger partial charge >= 0.3 is 0 Å². The summed E-state index contributed by atoms with van der Waals surface area (Å²) >= 11 is 0. The fourth-order valence-electron chi connectivity index (χ4n) is 1.06. The summed E-state index contributed by atoms with van der Waals surface area (Å²) in [4.78, 5) is 5.92. The molecular weight excluding hydrogens is 150 g/mol. The van der Waals surface area contributed by atoms with E-state index in [2.05, 4.69) is 4.98 Å². The summed E-state index contributed by atoms with van der Waals surface area (Å²) in [6, 6.07) is 3.80. The highest BCUT2D eigenvalue weighted by atomic mass is 15.1. The van der Waals surface area contributed by atoms with Crippen LogP contribution in [0, 0.1) is 18.3 Å². The number of aromatic nitrogens is 1. The zero-order chi connectivity index (χ0) is 9.14. The molecule has 1 heterocycles. The molecular formula is C9H11N3. The van der Waals surface area contributed by atoms with Crippen molar-refractivity contribution in [2.45, 2.75) is 6.92 Å². The summed E-state index contributed by atoms with van der Waals surface area (Å²) in [6.07, 6.45) is 1.72. The van der Waals surface area contributed by atoms with Crippen LogP contribution in [-0.4, -0.2) is 19.1 Å². The monoisotopic (exact) mass is 161 g/mol. The number of rotatable bonds is 1. The first-order chi connectivity index (χ1) is 5.65. The SMILES string of the molecule is Cc1cnc(C#N)cc1N(C)C. The minimum atomic E-state index is 0.462. The molecule has 0 aliphatic carbocycles. The predicted molar refractivity (Wildman–Crippen MR) is 48.0 cm³/mol. The molecule has 0 aliphatic heterocycles. The van der Waals surface area contributed by atoms with E-state index in [1.807, 2.05) is 32.0 Å². The fourth-order valence-corrected chi connectivity index (χ4v) is 1.06. The maximum Gasteiger partial charge on any atom is 0.142 e. The van der Waals surface area contributed by atoms with Gasteiger partial charge in [-0.15, -0.1) is 0 Å². The van der Waals surface area contributed by atoms with E-state index in [1.165, 1.54) is 0 Å². The molecule has 0 unspecified atom stereocenters. The Morgan fingerprint density at radius 3 is 2.67 bits per heavy atom. The number of anilines is 1. The van der Waals surface area contributed by atoms with E-state index in [9.17, 15) is 0 Å². The highest BCUT2D eigenvalue weighted by Crippen LogP contribution is 2.16. The quantitative estimate of drug-likeness (QED) is 0.623. The molecule has 0 fully saturated rings. The predicted octanol–water partition coefficient (Wildman–Crippen LogP) is 1.33. The summed E-state index contributed by atoms with van der Waals surface area (Å²) in [5.41, 5.74) is 2.59. The van der Waals surface area contributed by atoms with Crippen LogP contribution in [0.25, 0.3) is 0 Å². The maximum absolute atomic E-state index is 8.60. The van der Waals surface area contributed by atoms with Gasteiger partial charge in [-0.2, -0.15) is 5.26 Å². The lowest BCUT2D eigenvalue weighted by Crippen LogP contribution is -2.10. The van der Waals surface area contributed by atoms with E-state index in [0.717, 1.165) is 11.3 Å². The lowest BCUT2D eigenvalue weighted by atomic mass is 10.2. The van der Waals surface area contributed by atoms with Crippen molar-refractivity contribution >= 4 is 5.69 Å². The summed E-state index contributed by atoms with van der Waals surface area (Å²) in [7, 11) is 3.90. The largest absolute Gasteiger partial charge is 0.377 e. The summed E-state index contributed by atoms with van der Waals surface area (Å²) in [6.45, 7) is 1.98. The summed E-state index contributed by atoms with van der Waals surface area (Å²) in [5.74, 6) is 0. The van der Waals surface area contributed by atoms with Gasteiger partial charge in [0.25, 0.3) is 0 Å². The molecule has 0 N–H and O–H groups in total. The van der Waals surface area contributed by atoms with Crippen LogP contribution >= 0.6 is 0 Å². The Bertz CT molecular complexity index is 323. The molecule has 0 spiro atoms. The molecule has 1 aromatic heterocycles. The Morgan fingerprint density at radius 2 is 2.17 bits per heavy atom. The van der Waals surface area contributed by atoms with Crippen molar-refractivity contribution in [3.63, 3.8) is 0 Å². The number of nitrogens with zero attached hydrogens (tertiary/aromatic N) is 3. The standard InChI is InChI=1S/C9H11N3/c1-7-6-11-8(5-10)4-9(7)12(2)3/h4,6H,1-3H3. The van der Waals surface area contributed by atoms with E-state index < -0.39 is 0 Å². The number of nitriles is 1. The van der Waals surface area contributed by atoms with Gasteiger partial charge in [0.1, 0.15) is 11.8 Å². The normalized spacial score (nSPS) is 9.17. The van der Waals surface area contributed by atoms with Gasteiger partial charge in [0, 0.05) is 26.0 Å². The smallest absolute Gasteiger partial charge is 0.142 e. The second-order valence-electron chi connectivity index (χ2n) is 2.86. The molecule has 62 valence electrons. The van der Waals surface area contributed by atoms with Gasteiger partial charge < -0.3 is 4.90 Å². The Balaban J connectivity index is 3.19. The number of hydrogen-bond acceptors (Lipinski definition) is 3. The van der Waals surface area contributed by atoms with Crippen LogP contribution in [0.5, 0.6) is 0 Å². The molecule has 0 bridgehead atoms. The van der Waals surface area contributed by atoms with Crippen molar-refractivity contribution in [1.82, 2.24) is 4.98 Å². The zero-order valence-corrected chi connectivity index (χ0v) is 7.50. The third kappa shape index (κ3) is 1.54. The molecule has 0 atom stereocenters. The van der Waals surface area contributed by atoms with E-state index in [1.54, 1.807) is 12.3 Å². The van der Waals surface area contributed by atoms with Crippen LogP contribution in [0.15, 0.2) is 12.3 Å². The van der Waals surface area contributed by atoms with Crippen molar-refractivity contribution in [3.8, 4) is 6.07 Å². The van der Waals surface area contributed by atoms with E-state index in [-0.39, 0.29) is 0 Å². The molecule has 0 amide bonds. The van der Waals surface area contributed by atoms with Crippen LogP contribution in [-0.2, 0) is 0 Å². The van der Waals surface area contributed by atoms with Crippen LogP contribution in [0.1, 0.15) is 11.3 Å². The molecule has 1 rings (SSSR count). The van der Waals surface area contributed by atoms with E-state index in [4.69, 9.17) is 5.26 Å². The Hall–Kier alpha value is -1.56. The first kappa shape index (κ1) is 8.54. The Labute approximate surface area is 72.3 Å². The van der Waals surface area contributed by atoms with Crippen molar-refractivity contribution in [1.29, 1.82) is 5.26 Å². The number of pyridine rings is 1. The number of hydrogen-bond donors (Lipinski definition) is 0. The third-order valence-corrected chi connectivity index (χ3v) is 1.67. The highest BCUT2D eigenvalue weighted by Gasteiger charge is 2.01. The van der Waals surface area contributed by atoms with E-state index in [0.29, 0.717) is 5.69 Å². The lowest BCUT2D eigenvalue weighted by Gasteiger charge is -2.14. The van der Waals surface area contributed by atoms with Gasteiger partial charge in [-0.1, -0.05) is 0 Å². The average molecular weight is 161 g/mol. The van der Waals surface area contributed by atoms with Crippen molar-refractivity contribution in [3.05, 3.63) is 23.5 Å². The molecule has 0 saturated heterocycles. The van der Waals surface area contributed by atoms with Crippen molar-refractivity contribution < 1.29 is 0 Å². The van der Waals surface area contributed by atoms with E-state index >= 15 is 0 Å². The molecule has 3 heteroatoms. The van der Waals surface area contributed by atoms with Gasteiger partial charge in [-0.3, -0.25) is 0 Å². The first-order valence-electron chi connectivity index (χ1n) is 3.69. The highest BCUT2D eigenvalue weighted by molar-refractivity contribution is 5.53. The molecule has 0 radical (unpaired) electrons. The van der Waals surface area contributed by atoms with Crippen LogP contribution < -0.4 is 4.90 Å². The van der Waals surface area contributed by atoms with Gasteiger partial charge in [-0.25, -0.2) is 4.98 Å². The summed E-state index contributed by atoms with van der Waals surface area (Å²) in [5, 5.41) is 8.60. The van der Waals surface area contributed by atoms with Crippen LogP contribution in [0.4, 0.5) is 5.69 Å². The van der Waals surface area contributed by atoms with Crippen molar-refractivity contribution in [2.24, 2.45) is 0 Å². The molecule has 0 saturated carbocycles. The zero-order valence-electron chi connectivity index (χ0n) is 7.50. The van der Waals surface area contributed by atoms with Gasteiger partial charge in [0.05, 0.1) is 0 Å². The minimum Gasteiger partial charge on any atom is -0.377 e. The topological polar surface area (TPSA) is 39.9 Å². The lowest BCUT2D eigenvalue weighted by molar-refractivity contribution is 1.09. The van der Waals surface area contributed by atoms with Crippen LogP contribution in [0.2, 0.25) is 0 Å². The summed E-state index contributed by atoms with van der Waals surface area (Å²) < 4.78 is 0. The van der Waals surface area contributed by atoms with Gasteiger partial charge in [-0.05, 0) is 18.6 Å². The molecule has 1 aromatic rings. The van der Waals surface area contributed by atoms with Crippen LogP contribution in [0.3, 0.4) is 0 Å². The first-order valence-corrected chi connectivity index (χ1v) is 3.69. The molecule has 0 aliphatic rings. The maximum atomic E-state index is 8.60. The minimum absolute atomic E-state index is 0.462. The van der Waals surface area contributed by atoms with Gasteiger partial charge in [0.15, 0.2) is 0 Å². The molecule has 3 nitrogen and oxygen atoms in total. The Kier molecular flexibility index (Phi) is 2.29. The molecule has 0 aromatic carbocycles. The second-order valence-corrected chi connectivity index (χ2v) is 2.86. The molecule has 12 heavy (non-hydrogen) atoms. The van der Waals surface area contributed by atoms with Gasteiger partial charge in [0.2, 0.25) is 0 Å². The number of aryl methyl sites for hydroxylation is 1. The average Bonchev–Trinajstić information content (AvgIpc) is 2.05.